The molecule has 3 nitrogen and oxygen atoms in total. The number of likely N-dealkylation sites (tertiary alicyclic amines) is 1. The largest absolute Gasteiger partial charge is 0.301 e. The minimum atomic E-state index is -3.26. The third-order valence-corrected chi connectivity index (χ3v) is 6.75. The highest BCUT2D eigenvalue weighted by Gasteiger charge is 2.45. The fraction of sp³-hybridized carbons (Fsp3) is 0.667. The Kier molecular flexibility index (Phi) is 7.13. The SMILES string of the molecule is CC(=N[S@@](=O)C(C)(C)C)c1cccc(C(F)(F)C2CCN(C(C)C)CC2)c1F. The van der Waals surface area contributed by atoms with Crippen LogP contribution in [0.1, 0.15) is 65.5 Å². The average Bonchev–Trinajstić information content (AvgIpc) is 2.60. The van der Waals surface area contributed by atoms with Crippen molar-refractivity contribution in [1.29, 1.82) is 0 Å². The fourth-order valence-electron chi connectivity index (χ4n) is 3.38. The van der Waals surface area contributed by atoms with Gasteiger partial charge in [0.15, 0.2) is 0 Å². The van der Waals surface area contributed by atoms with Crippen molar-refractivity contribution >= 4 is 16.7 Å². The summed E-state index contributed by atoms with van der Waals surface area (Å²) in [7, 11) is -1.59. The first-order valence-electron chi connectivity index (χ1n) is 9.74. The van der Waals surface area contributed by atoms with Crippen LogP contribution in [-0.2, 0) is 16.9 Å². The summed E-state index contributed by atoms with van der Waals surface area (Å²) in [6.07, 6.45) is 0.659. The van der Waals surface area contributed by atoms with Gasteiger partial charge in [-0.25, -0.2) is 17.4 Å². The first kappa shape index (κ1) is 23.1. The van der Waals surface area contributed by atoms with Gasteiger partial charge in [0, 0.05) is 17.5 Å². The highest BCUT2D eigenvalue weighted by Crippen LogP contribution is 2.43. The molecule has 0 aromatic heterocycles. The van der Waals surface area contributed by atoms with E-state index in [2.05, 4.69) is 9.30 Å². The van der Waals surface area contributed by atoms with Crippen LogP contribution in [0.3, 0.4) is 0 Å². The highest BCUT2D eigenvalue weighted by atomic mass is 32.2. The topological polar surface area (TPSA) is 32.7 Å². The zero-order valence-electron chi connectivity index (χ0n) is 17.6. The number of rotatable bonds is 5. The zero-order valence-corrected chi connectivity index (χ0v) is 18.4. The van der Waals surface area contributed by atoms with Gasteiger partial charge in [-0.2, -0.15) is 4.40 Å². The molecule has 28 heavy (non-hydrogen) atoms. The van der Waals surface area contributed by atoms with Gasteiger partial charge in [-0.3, -0.25) is 0 Å². The maximum Gasteiger partial charge on any atom is 0.278 e. The maximum atomic E-state index is 15.2. The lowest BCUT2D eigenvalue weighted by molar-refractivity contribution is -0.0899. The molecule has 0 radical (unpaired) electrons. The summed E-state index contributed by atoms with van der Waals surface area (Å²) in [5, 5.41) is 0. The van der Waals surface area contributed by atoms with E-state index in [1.807, 2.05) is 13.8 Å². The second kappa shape index (κ2) is 8.66. The van der Waals surface area contributed by atoms with Crippen molar-refractivity contribution in [3.8, 4) is 0 Å². The van der Waals surface area contributed by atoms with Crippen LogP contribution in [0, 0.1) is 11.7 Å². The number of alkyl halides is 2. The van der Waals surface area contributed by atoms with Crippen LogP contribution in [0.25, 0.3) is 0 Å². The van der Waals surface area contributed by atoms with E-state index in [0.717, 1.165) is 6.07 Å². The molecule has 0 unspecified atom stereocenters. The summed E-state index contributed by atoms with van der Waals surface area (Å²) in [6.45, 7) is 12.0. The van der Waals surface area contributed by atoms with Crippen molar-refractivity contribution in [3.05, 3.63) is 35.1 Å². The third kappa shape index (κ3) is 5.03. The second-order valence-corrected chi connectivity index (χ2v) is 10.6. The van der Waals surface area contributed by atoms with Gasteiger partial charge in [0.05, 0.1) is 16.0 Å². The summed E-state index contributed by atoms with van der Waals surface area (Å²) < 4.78 is 61.0. The normalized spacial score (nSPS) is 19.3. The quantitative estimate of drug-likeness (QED) is 0.610. The molecule has 1 atom stereocenters. The Bertz CT molecular complexity index is 749. The standard InChI is InChI=1S/C21H31F3N2OS/c1-14(2)26-12-10-16(11-13-26)21(23,24)18-9-7-8-17(19(18)22)15(3)25-28(27)20(4,5)6/h7-9,14,16H,10-13H2,1-6H3/t28-/m0/s1. The molecular formula is C21H31F3N2OS. The molecule has 158 valence electrons. The minimum Gasteiger partial charge on any atom is -0.301 e. The first-order chi connectivity index (χ1) is 12.9. The monoisotopic (exact) mass is 416 g/mol. The van der Waals surface area contributed by atoms with Crippen LogP contribution in [0.15, 0.2) is 22.6 Å². The van der Waals surface area contributed by atoms with E-state index in [-0.39, 0.29) is 11.3 Å². The van der Waals surface area contributed by atoms with Gasteiger partial charge in [-0.05, 0) is 67.5 Å². The average molecular weight is 417 g/mol. The number of hydrogen-bond donors (Lipinski definition) is 0. The molecular weight excluding hydrogens is 385 g/mol. The van der Waals surface area contributed by atoms with E-state index >= 15 is 13.2 Å². The molecule has 1 aliphatic rings. The van der Waals surface area contributed by atoms with Gasteiger partial charge in [-0.1, -0.05) is 18.2 Å². The molecule has 1 aromatic rings. The van der Waals surface area contributed by atoms with Gasteiger partial charge in [0.25, 0.3) is 5.92 Å². The molecule has 2 rings (SSSR count). The third-order valence-electron chi connectivity index (χ3n) is 5.26. The zero-order chi connectivity index (χ0) is 21.3. The Labute approximate surface area is 169 Å². The van der Waals surface area contributed by atoms with Crippen molar-refractivity contribution in [2.45, 2.75) is 71.1 Å². The molecule has 0 amide bonds. The Morgan fingerprint density at radius 1 is 1.21 bits per heavy atom. The van der Waals surface area contributed by atoms with Crippen molar-refractivity contribution < 1.29 is 17.4 Å². The highest BCUT2D eigenvalue weighted by molar-refractivity contribution is 7.85. The second-order valence-electron chi connectivity index (χ2n) is 8.73. The summed E-state index contributed by atoms with van der Waals surface area (Å²) >= 11 is 0. The summed E-state index contributed by atoms with van der Waals surface area (Å²) in [5.74, 6) is -5.12. The van der Waals surface area contributed by atoms with Crippen LogP contribution < -0.4 is 0 Å². The summed E-state index contributed by atoms with van der Waals surface area (Å²) in [6, 6.07) is 4.30. The maximum absolute atomic E-state index is 15.2. The van der Waals surface area contributed by atoms with Crippen LogP contribution >= 0.6 is 0 Å². The number of piperidine rings is 1. The molecule has 1 saturated heterocycles. The number of hydrogen-bond acceptors (Lipinski definition) is 2. The van der Waals surface area contributed by atoms with E-state index in [4.69, 9.17) is 0 Å². The van der Waals surface area contributed by atoms with Crippen molar-refractivity contribution in [3.63, 3.8) is 0 Å². The predicted octanol–water partition coefficient (Wildman–Crippen LogP) is 5.31. The Morgan fingerprint density at radius 2 is 1.79 bits per heavy atom. The lowest BCUT2D eigenvalue weighted by Gasteiger charge is -2.38. The van der Waals surface area contributed by atoms with E-state index < -0.39 is 39.0 Å². The van der Waals surface area contributed by atoms with E-state index in [1.54, 1.807) is 20.8 Å². The van der Waals surface area contributed by atoms with Gasteiger partial charge in [0.1, 0.15) is 16.8 Å². The fourth-order valence-corrected chi connectivity index (χ4v) is 4.00. The molecule has 0 aliphatic carbocycles. The minimum absolute atomic E-state index is 0.0191. The van der Waals surface area contributed by atoms with E-state index in [9.17, 15) is 4.21 Å². The molecule has 1 heterocycles. The van der Waals surface area contributed by atoms with Crippen LogP contribution in [0.4, 0.5) is 13.2 Å². The molecule has 1 aliphatic heterocycles. The molecule has 1 fully saturated rings. The van der Waals surface area contributed by atoms with Gasteiger partial charge >= 0.3 is 0 Å². The number of nitrogens with zero attached hydrogens (tertiary/aromatic N) is 2. The molecule has 0 N–H and O–H groups in total. The van der Waals surface area contributed by atoms with Crippen molar-refractivity contribution in [2.24, 2.45) is 10.3 Å². The van der Waals surface area contributed by atoms with Crippen molar-refractivity contribution in [1.82, 2.24) is 4.90 Å². The lowest BCUT2D eigenvalue weighted by atomic mass is 9.85. The first-order valence-corrected chi connectivity index (χ1v) is 10.8. The molecule has 0 saturated carbocycles. The van der Waals surface area contributed by atoms with E-state index in [0.29, 0.717) is 32.0 Å². The molecule has 0 bridgehead atoms. The Hall–Kier alpha value is -1.21. The Morgan fingerprint density at radius 3 is 2.29 bits per heavy atom. The van der Waals surface area contributed by atoms with Gasteiger partial charge < -0.3 is 4.90 Å². The lowest BCUT2D eigenvalue weighted by Crippen LogP contribution is -2.42. The van der Waals surface area contributed by atoms with Crippen LogP contribution in [0.2, 0.25) is 0 Å². The molecule has 1 aromatic carbocycles. The van der Waals surface area contributed by atoms with Gasteiger partial charge in [0.2, 0.25) is 0 Å². The number of benzene rings is 1. The smallest absolute Gasteiger partial charge is 0.278 e. The summed E-state index contributed by atoms with van der Waals surface area (Å²) in [4.78, 5) is 2.16. The van der Waals surface area contributed by atoms with E-state index in [1.165, 1.54) is 19.1 Å². The molecule has 7 heteroatoms. The van der Waals surface area contributed by atoms with Crippen LogP contribution in [-0.4, -0.2) is 38.7 Å². The van der Waals surface area contributed by atoms with Crippen LogP contribution in [0.5, 0.6) is 0 Å². The molecule has 0 spiro atoms. The predicted molar refractivity (Wildman–Crippen MR) is 110 cm³/mol. The van der Waals surface area contributed by atoms with Gasteiger partial charge in [-0.15, -0.1) is 0 Å². The summed E-state index contributed by atoms with van der Waals surface area (Å²) in [5.41, 5.74) is -0.448. The van der Waals surface area contributed by atoms with Crippen molar-refractivity contribution in [2.75, 3.05) is 13.1 Å². The Balaban J connectivity index is 2.31. The number of halogens is 3.